The third-order valence-electron chi connectivity index (χ3n) is 7.36. The third-order valence-corrected chi connectivity index (χ3v) is 7.86. The van der Waals surface area contributed by atoms with Gasteiger partial charge >= 0.3 is 0 Å². The zero-order chi connectivity index (χ0) is 19.7. The molecule has 2 N–H and O–H groups in total. The lowest BCUT2D eigenvalue weighted by Gasteiger charge is -2.48. The largest absolute Gasteiger partial charge is 0.381 e. The molecule has 5 rings (SSSR count). The van der Waals surface area contributed by atoms with E-state index < -0.39 is 5.54 Å². The summed E-state index contributed by atoms with van der Waals surface area (Å²) >= 11 is 3.70. The van der Waals surface area contributed by atoms with Crippen molar-refractivity contribution in [2.75, 3.05) is 20.2 Å². The highest BCUT2D eigenvalue weighted by atomic mass is 79.9. The second-order valence-electron chi connectivity index (χ2n) is 9.76. The number of methoxy groups -OCH3 is 1. The van der Waals surface area contributed by atoms with Crippen LogP contribution in [0.3, 0.4) is 0 Å². The number of nitrogens with zero attached hydrogens (tertiary/aromatic N) is 3. The first-order valence-corrected chi connectivity index (χ1v) is 11.1. The van der Waals surface area contributed by atoms with Gasteiger partial charge in [-0.15, -0.1) is 0 Å². The Kier molecular flexibility index (Phi) is 4.02. The summed E-state index contributed by atoms with van der Waals surface area (Å²) in [5.74, 6) is 1.71. The van der Waals surface area contributed by atoms with Gasteiger partial charge in [-0.2, -0.15) is 0 Å². The van der Waals surface area contributed by atoms with Gasteiger partial charge in [-0.25, -0.2) is 4.99 Å². The average Bonchev–Trinajstić information content (AvgIpc) is 3.09. The van der Waals surface area contributed by atoms with Crippen molar-refractivity contribution < 1.29 is 4.74 Å². The van der Waals surface area contributed by atoms with Gasteiger partial charge in [0, 0.05) is 35.5 Å². The number of hydrogen-bond acceptors (Lipinski definition) is 5. The van der Waals surface area contributed by atoms with Crippen LogP contribution in [0.25, 0.3) is 0 Å². The number of fused-ring (bicyclic) bond motifs is 5. The number of hydrogen-bond donors (Lipinski definition) is 1. The number of benzene rings is 1. The normalized spacial score (nSPS) is 35.7. The third kappa shape index (κ3) is 2.40. The molecular formula is C22H29BrN4O. The molecule has 1 aromatic carbocycles. The molecule has 1 fully saturated rings. The Balaban J connectivity index is 1.70. The summed E-state index contributed by atoms with van der Waals surface area (Å²) in [7, 11) is 1.83. The first-order valence-electron chi connectivity index (χ1n) is 10.3. The van der Waals surface area contributed by atoms with Crippen molar-refractivity contribution in [2.24, 2.45) is 26.5 Å². The molecule has 5 nitrogen and oxygen atoms in total. The Hall–Kier alpha value is -1.40. The second-order valence-corrected chi connectivity index (χ2v) is 10.7. The predicted octanol–water partition coefficient (Wildman–Crippen LogP) is 3.84. The van der Waals surface area contributed by atoms with Gasteiger partial charge in [0.05, 0.1) is 6.10 Å². The van der Waals surface area contributed by atoms with E-state index in [1.807, 2.05) is 7.11 Å². The fraction of sp³-hybridized carbons (Fsp3) is 0.636. The fourth-order valence-corrected chi connectivity index (χ4v) is 6.34. The van der Waals surface area contributed by atoms with Gasteiger partial charge in [0.25, 0.3) is 0 Å². The maximum Gasteiger partial charge on any atom is 0.198 e. The first kappa shape index (κ1) is 18.6. The molecule has 2 aliphatic heterocycles. The van der Waals surface area contributed by atoms with Gasteiger partial charge in [0.15, 0.2) is 11.5 Å². The summed E-state index contributed by atoms with van der Waals surface area (Å²) in [5, 5.41) is 0. The Bertz CT molecular complexity index is 885. The van der Waals surface area contributed by atoms with Crippen LogP contribution in [0.1, 0.15) is 50.7 Å². The summed E-state index contributed by atoms with van der Waals surface area (Å²) in [5.41, 5.74) is 8.93. The van der Waals surface area contributed by atoms with Crippen LogP contribution in [0.15, 0.2) is 32.7 Å². The SMILES string of the molecule is COC1CCC2(CC1)Cc1ccc(Br)cc1C21N=C(N)N2CC(C)(C)CN=C21. The zero-order valence-electron chi connectivity index (χ0n) is 17.0. The number of ether oxygens (including phenoxy) is 1. The highest BCUT2D eigenvalue weighted by Gasteiger charge is 2.65. The zero-order valence-corrected chi connectivity index (χ0v) is 18.6. The van der Waals surface area contributed by atoms with Crippen LogP contribution >= 0.6 is 15.9 Å². The van der Waals surface area contributed by atoms with E-state index in [2.05, 4.69) is 52.9 Å². The molecule has 1 atom stereocenters. The molecule has 0 aromatic heterocycles. The standard InChI is InChI=1S/C22H29BrN4O/c1-20(2)12-25-18-22(26-19(24)27(18)13-20)17-10-15(23)5-4-14(17)11-21(22)8-6-16(28-3)7-9-21/h4-5,10,16H,6-9,11-13H2,1-3H3,(H2,24,26). The van der Waals surface area contributed by atoms with E-state index in [0.29, 0.717) is 12.1 Å². The molecule has 0 bridgehead atoms. The molecule has 1 unspecified atom stereocenters. The van der Waals surface area contributed by atoms with Crippen LogP contribution in [-0.4, -0.2) is 43.0 Å². The lowest BCUT2D eigenvalue weighted by atomic mass is 9.61. The molecule has 2 aliphatic carbocycles. The van der Waals surface area contributed by atoms with Crippen LogP contribution in [0.5, 0.6) is 0 Å². The first-order chi connectivity index (χ1) is 13.3. The summed E-state index contributed by atoms with van der Waals surface area (Å²) in [6.07, 6.45) is 5.71. The fourth-order valence-electron chi connectivity index (χ4n) is 5.98. The van der Waals surface area contributed by atoms with Crippen molar-refractivity contribution in [1.82, 2.24) is 4.90 Å². The molecule has 1 saturated carbocycles. The monoisotopic (exact) mass is 444 g/mol. The molecule has 28 heavy (non-hydrogen) atoms. The van der Waals surface area contributed by atoms with E-state index in [1.54, 1.807) is 0 Å². The molecule has 2 spiro atoms. The van der Waals surface area contributed by atoms with Crippen LogP contribution in [0, 0.1) is 10.8 Å². The summed E-state index contributed by atoms with van der Waals surface area (Å²) in [6.45, 7) is 6.21. The van der Waals surface area contributed by atoms with E-state index in [9.17, 15) is 0 Å². The molecular weight excluding hydrogens is 416 g/mol. The number of halogens is 1. The molecule has 0 amide bonds. The minimum atomic E-state index is -0.453. The lowest BCUT2D eigenvalue weighted by molar-refractivity contribution is 0.0110. The quantitative estimate of drug-likeness (QED) is 0.715. The molecule has 0 saturated heterocycles. The van der Waals surface area contributed by atoms with Gasteiger partial charge in [-0.05, 0) is 55.4 Å². The van der Waals surface area contributed by atoms with E-state index in [-0.39, 0.29) is 10.8 Å². The minimum absolute atomic E-state index is 0.0326. The van der Waals surface area contributed by atoms with Crippen LogP contribution in [0.4, 0.5) is 0 Å². The second kappa shape index (κ2) is 6.05. The van der Waals surface area contributed by atoms with Crippen molar-refractivity contribution in [2.45, 2.75) is 57.6 Å². The molecule has 6 heteroatoms. The molecule has 150 valence electrons. The predicted molar refractivity (Wildman–Crippen MR) is 116 cm³/mol. The minimum Gasteiger partial charge on any atom is -0.381 e. The highest BCUT2D eigenvalue weighted by molar-refractivity contribution is 9.10. The van der Waals surface area contributed by atoms with Crippen LogP contribution in [-0.2, 0) is 16.7 Å². The Morgan fingerprint density at radius 2 is 2.00 bits per heavy atom. The number of nitrogens with two attached hydrogens (primary N) is 1. The summed E-state index contributed by atoms with van der Waals surface area (Å²) < 4.78 is 6.78. The van der Waals surface area contributed by atoms with Crippen molar-refractivity contribution in [3.05, 3.63) is 33.8 Å². The number of amidine groups is 1. The smallest absolute Gasteiger partial charge is 0.198 e. The van der Waals surface area contributed by atoms with E-state index in [0.717, 1.165) is 55.5 Å². The maximum absolute atomic E-state index is 6.56. The van der Waals surface area contributed by atoms with Gasteiger partial charge in [0.2, 0.25) is 0 Å². The van der Waals surface area contributed by atoms with Gasteiger partial charge in [-0.3, -0.25) is 9.89 Å². The summed E-state index contributed by atoms with van der Waals surface area (Å²) in [6, 6.07) is 6.67. The van der Waals surface area contributed by atoms with Crippen LogP contribution in [0.2, 0.25) is 0 Å². The van der Waals surface area contributed by atoms with E-state index in [4.69, 9.17) is 20.5 Å². The van der Waals surface area contributed by atoms with Crippen molar-refractivity contribution in [1.29, 1.82) is 0 Å². The van der Waals surface area contributed by atoms with Crippen molar-refractivity contribution in [3.8, 4) is 0 Å². The number of rotatable bonds is 1. The average molecular weight is 445 g/mol. The topological polar surface area (TPSA) is 63.2 Å². The summed E-state index contributed by atoms with van der Waals surface area (Å²) in [4.78, 5) is 12.6. The molecule has 2 heterocycles. The van der Waals surface area contributed by atoms with Gasteiger partial charge in [0.1, 0.15) is 5.84 Å². The highest BCUT2D eigenvalue weighted by Crippen LogP contribution is 2.62. The van der Waals surface area contributed by atoms with E-state index >= 15 is 0 Å². The number of aliphatic imine (C=N–C) groups is 2. The van der Waals surface area contributed by atoms with Crippen LogP contribution < -0.4 is 5.73 Å². The van der Waals surface area contributed by atoms with Crippen molar-refractivity contribution >= 4 is 27.7 Å². The van der Waals surface area contributed by atoms with Gasteiger partial charge < -0.3 is 10.5 Å². The Morgan fingerprint density at radius 1 is 1.25 bits per heavy atom. The van der Waals surface area contributed by atoms with Gasteiger partial charge in [-0.1, -0.05) is 35.8 Å². The lowest BCUT2D eigenvalue weighted by Crippen LogP contribution is -2.56. The Labute approximate surface area is 175 Å². The molecule has 4 aliphatic rings. The number of guanidine groups is 1. The van der Waals surface area contributed by atoms with Crippen molar-refractivity contribution in [3.63, 3.8) is 0 Å². The van der Waals surface area contributed by atoms with E-state index in [1.165, 1.54) is 11.1 Å². The molecule has 0 radical (unpaired) electrons. The maximum atomic E-state index is 6.56. The molecule has 1 aromatic rings. The Morgan fingerprint density at radius 3 is 2.71 bits per heavy atom.